The van der Waals surface area contributed by atoms with Gasteiger partial charge in [-0.25, -0.2) is 0 Å². The minimum Gasteiger partial charge on any atom is -0.507 e. The summed E-state index contributed by atoms with van der Waals surface area (Å²) >= 11 is 0. The van der Waals surface area contributed by atoms with Crippen LogP contribution in [0.4, 0.5) is 0 Å². The van der Waals surface area contributed by atoms with Crippen LogP contribution in [0.25, 0.3) is 21.5 Å². The third kappa shape index (κ3) is 2.57. The molecule has 1 unspecified atom stereocenters. The first-order valence-electron chi connectivity index (χ1n) is 8.95. The van der Waals surface area contributed by atoms with E-state index < -0.39 is 0 Å². The summed E-state index contributed by atoms with van der Waals surface area (Å²) in [4.78, 5) is 1.29. The third-order valence-electron chi connectivity index (χ3n) is 5.24. The maximum Gasteiger partial charge on any atom is 0.222 e. The molecule has 128 valence electrons. The Kier molecular flexibility index (Phi) is 3.54. The minimum atomic E-state index is 0.361. The first-order valence-corrected chi connectivity index (χ1v) is 8.95. The zero-order valence-corrected chi connectivity index (χ0v) is 14.4. The van der Waals surface area contributed by atoms with Gasteiger partial charge >= 0.3 is 0 Å². The van der Waals surface area contributed by atoms with Gasteiger partial charge < -0.3 is 9.84 Å². The van der Waals surface area contributed by atoms with Gasteiger partial charge in [0.15, 0.2) is 0 Å². The number of hydrogen-bond donors (Lipinski definition) is 2. The van der Waals surface area contributed by atoms with Crippen LogP contribution in [0.15, 0.2) is 72.8 Å². The van der Waals surface area contributed by atoms with Crippen LogP contribution in [0.5, 0.6) is 11.5 Å². The molecule has 0 aliphatic carbocycles. The van der Waals surface area contributed by atoms with E-state index in [-0.39, 0.29) is 0 Å². The van der Waals surface area contributed by atoms with Gasteiger partial charge in [0.1, 0.15) is 24.6 Å². The van der Waals surface area contributed by atoms with Crippen LogP contribution in [0.1, 0.15) is 11.1 Å². The quantitative estimate of drug-likeness (QED) is 0.583. The molecule has 3 nitrogen and oxygen atoms in total. The first kappa shape index (κ1) is 15.2. The SMILES string of the molecule is Oc1cc2ccccc2cc1C[NH+]1COc2ccc3ccccc3c2C1. The number of aromatic hydroxyl groups is 1. The molecule has 4 aromatic rings. The van der Waals surface area contributed by atoms with E-state index in [0.717, 1.165) is 35.2 Å². The third-order valence-corrected chi connectivity index (χ3v) is 5.24. The number of phenolic OH excluding ortho intramolecular Hbond substituents is 1. The van der Waals surface area contributed by atoms with E-state index in [2.05, 4.69) is 48.5 Å². The fourth-order valence-corrected chi connectivity index (χ4v) is 3.91. The number of nitrogens with one attached hydrogen (secondary N) is 1. The summed E-state index contributed by atoms with van der Waals surface area (Å²) in [6.45, 7) is 2.24. The van der Waals surface area contributed by atoms with Gasteiger partial charge in [-0.1, -0.05) is 54.6 Å². The summed E-state index contributed by atoms with van der Waals surface area (Å²) in [5.41, 5.74) is 2.22. The van der Waals surface area contributed by atoms with Crippen molar-refractivity contribution >= 4 is 21.5 Å². The highest BCUT2D eigenvalue weighted by Gasteiger charge is 2.23. The van der Waals surface area contributed by atoms with E-state index >= 15 is 0 Å². The van der Waals surface area contributed by atoms with Crippen LogP contribution in [0, 0.1) is 0 Å². The van der Waals surface area contributed by atoms with E-state index in [9.17, 15) is 5.11 Å². The zero-order chi connectivity index (χ0) is 17.5. The van der Waals surface area contributed by atoms with Gasteiger partial charge in [-0.3, -0.25) is 4.90 Å². The molecule has 1 aliphatic heterocycles. The van der Waals surface area contributed by atoms with Gasteiger partial charge in [-0.15, -0.1) is 0 Å². The Labute approximate surface area is 152 Å². The number of hydrogen-bond acceptors (Lipinski definition) is 2. The van der Waals surface area contributed by atoms with E-state index in [0.29, 0.717) is 12.5 Å². The predicted molar refractivity (Wildman–Crippen MR) is 103 cm³/mol. The largest absolute Gasteiger partial charge is 0.507 e. The van der Waals surface area contributed by atoms with Crippen molar-refractivity contribution in [3.63, 3.8) is 0 Å². The molecule has 4 aromatic carbocycles. The van der Waals surface area contributed by atoms with E-state index in [1.807, 2.05) is 24.3 Å². The van der Waals surface area contributed by atoms with Crippen molar-refractivity contribution in [3.8, 4) is 11.5 Å². The van der Waals surface area contributed by atoms with Gasteiger partial charge in [0.05, 0.1) is 5.56 Å². The molecule has 0 radical (unpaired) electrons. The van der Waals surface area contributed by atoms with Crippen molar-refractivity contribution in [2.24, 2.45) is 0 Å². The van der Waals surface area contributed by atoms with Crippen LogP contribution in [-0.4, -0.2) is 11.8 Å². The van der Waals surface area contributed by atoms with Gasteiger partial charge in [-0.2, -0.15) is 0 Å². The molecular weight excluding hydrogens is 322 g/mol. The fourth-order valence-electron chi connectivity index (χ4n) is 3.91. The lowest BCUT2D eigenvalue weighted by Gasteiger charge is -2.27. The Balaban J connectivity index is 1.48. The summed E-state index contributed by atoms with van der Waals surface area (Å²) in [6.07, 6.45) is 0. The van der Waals surface area contributed by atoms with Crippen molar-refractivity contribution in [1.29, 1.82) is 0 Å². The second-order valence-electron chi connectivity index (χ2n) is 6.98. The molecule has 2 N–H and O–H groups in total. The summed E-state index contributed by atoms with van der Waals surface area (Å²) in [7, 11) is 0. The summed E-state index contributed by atoms with van der Waals surface area (Å²) < 4.78 is 6.03. The molecule has 0 saturated heterocycles. The molecule has 26 heavy (non-hydrogen) atoms. The van der Waals surface area contributed by atoms with Crippen molar-refractivity contribution < 1.29 is 14.7 Å². The smallest absolute Gasteiger partial charge is 0.222 e. The minimum absolute atomic E-state index is 0.361. The number of quaternary nitrogens is 1. The molecule has 1 aliphatic rings. The van der Waals surface area contributed by atoms with Gasteiger partial charge in [-0.05, 0) is 39.7 Å². The molecule has 0 bridgehead atoms. The number of rotatable bonds is 2. The fraction of sp³-hybridized carbons (Fsp3) is 0.130. The van der Waals surface area contributed by atoms with Crippen LogP contribution >= 0.6 is 0 Å². The van der Waals surface area contributed by atoms with Crippen molar-refractivity contribution in [2.45, 2.75) is 13.1 Å². The Morgan fingerprint density at radius 2 is 1.58 bits per heavy atom. The number of benzene rings is 4. The van der Waals surface area contributed by atoms with Crippen molar-refractivity contribution in [1.82, 2.24) is 0 Å². The molecule has 1 atom stereocenters. The van der Waals surface area contributed by atoms with E-state index in [4.69, 9.17) is 4.74 Å². The molecular formula is C23H20NO2+. The first-order chi connectivity index (χ1) is 12.8. The lowest BCUT2D eigenvalue weighted by molar-refractivity contribution is -0.945. The molecule has 0 spiro atoms. The summed E-state index contributed by atoms with van der Waals surface area (Å²) in [5.74, 6) is 1.34. The number of phenols is 1. The average Bonchev–Trinajstić information content (AvgIpc) is 2.68. The highest BCUT2D eigenvalue weighted by molar-refractivity contribution is 5.87. The summed E-state index contributed by atoms with van der Waals surface area (Å²) in [5, 5.41) is 15.2. The Morgan fingerprint density at radius 1 is 0.846 bits per heavy atom. The molecule has 1 heterocycles. The highest BCUT2D eigenvalue weighted by Crippen LogP contribution is 2.29. The Hall–Kier alpha value is -3.04. The molecule has 0 saturated carbocycles. The molecule has 5 rings (SSSR count). The standard InChI is InChI=1S/C23H19NO2/c25-22-12-18-7-2-1-6-17(18)11-19(22)13-24-14-21-20-8-4-3-5-16(20)9-10-23(21)26-15-24/h1-12,25H,13-15H2/p+1. The van der Waals surface area contributed by atoms with Crippen LogP contribution < -0.4 is 9.64 Å². The van der Waals surface area contributed by atoms with Crippen LogP contribution in [0.2, 0.25) is 0 Å². The summed E-state index contributed by atoms with van der Waals surface area (Å²) in [6, 6.07) is 24.7. The van der Waals surface area contributed by atoms with Crippen molar-refractivity contribution in [2.75, 3.05) is 6.73 Å². The number of ether oxygens (including phenoxy) is 1. The zero-order valence-electron chi connectivity index (χ0n) is 14.4. The molecule has 0 aromatic heterocycles. The second-order valence-corrected chi connectivity index (χ2v) is 6.98. The number of fused-ring (bicyclic) bond motifs is 4. The molecule has 0 amide bonds. The normalized spacial score (nSPS) is 16.4. The van der Waals surface area contributed by atoms with Gasteiger partial charge in [0.2, 0.25) is 6.73 Å². The lowest BCUT2D eigenvalue weighted by Crippen LogP contribution is -3.10. The highest BCUT2D eigenvalue weighted by atomic mass is 16.5. The second kappa shape index (κ2) is 6.04. The Bertz CT molecular complexity index is 1120. The topological polar surface area (TPSA) is 33.9 Å². The van der Waals surface area contributed by atoms with Gasteiger partial charge in [0.25, 0.3) is 0 Å². The lowest BCUT2D eigenvalue weighted by atomic mass is 10.0. The van der Waals surface area contributed by atoms with Gasteiger partial charge in [0, 0.05) is 5.56 Å². The molecule has 0 fully saturated rings. The maximum absolute atomic E-state index is 10.5. The van der Waals surface area contributed by atoms with Crippen LogP contribution in [-0.2, 0) is 13.1 Å². The van der Waals surface area contributed by atoms with E-state index in [1.54, 1.807) is 0 Å². The Morgan fingerprint density at radius 3 is 2.42 bits per heavy atom. The maximum atomic E-state index is 10.5. The average molecular weight is 342 g/mol. The van der Waals surface area contributed by atoms with Crippen molar-refractivity contribution in [3.05, 3.63) is 83.9 Å². The monoisotopic (exact) mass is 342 g/mol. The molecule has 3 heteroatoms. The predicted octanol–water partition coefficient (Wildman–Crippen LogP) is 3.63. The van der Waals surface area contributed by atoms with E-state index in [1.165, 1.54) is 21.2 Å². The van der Waals surface area contributed by atoms with Crippen LogP contribution in [0.3, 0.4) is 0 Å².